The third kappa shape index (κ3) is 4.74. The van der Waals surface area contributed by atoms with Crippen molar-refractivity contribution in [3.05, 3.63) is 104 Å². The molecule has 3 aromatic rings. The molecule has 3 atom stereocenters. The SMILES string of the molecule is COC(=O)/C(=C/c1ccc(Cl)cc1Cl)[C@@H]1[C@H](c2ccccc2Cl)N1S(=O)(=O)c1ccc(C)cc1. The molecule has 0 spiro atoms. The van der Waals surface area contributed by atoms with Crippen LogP contribution in [0.1, 0.15) is 22.7 Å². The standard InChI is InChI=1S/C25H20Cl3NO4S/c1-15-7-11-18(12-8-15)34(31,32)29-23(19-5-3-4-6-21(19)27)24(29)20(25(30)33-2)13-16-9-10-17(26)14-22(16)28/h3-14,23-24H,1-2H3/b20-13+/t23-,24+,29?/m0/s1. The van der Waals surface area contributed by atoms with E-state index in [4.69, 9.17) is 39.5 Å². The van der Waals surface area contributed by atoms with Gasteiger partial charge < -0.3 is 4.74 Å². The summed E-state index contributed by atoms with van der Waals surface area (Å²) in [6.45, 7) is 1.87. The van der Waals surface area contributed by atoms with Crippen LogP contribution in [0.5, 0.6) is 0 Å². The zero-order valence-corrected chi connectivity index (χ0v) is 21.3. The summed E-state index contributed by atoms with van der Waals surface area (Å²) in [6, 6.07) is 16.8. The highest BCUT2D eigenvalue weighted by molar-refractivity contribution is 7.89. The molecule has 5 nitrogen and oxygen atoms in total. The summed E-state index contributed by atoms with van der Waals surface area (Å²) in [5.74, 6) is -0.672. The van der Waals surface area contributed by atoms with Crippen molar-refractivity contribution in [1.82, 2.24) is 4.31 Å². The van der Waals surface area contributed by atoms with Crippen LogP contribution in [-0.4, -0.2) is 31.8 Å². The van der Waals surface area contributed by atoms with Gasteiger partial charge >= 0.3 is 5.97 Å². The highest BCUT2D eigenvalue weighted by atomic mass is 35.5. The predicted molar refractivity (Wildman–Crippen MR) is 135 cm³/mol. The van der Waals surface area contributed by atoms with E-state index < -0.39 is 28.1 Å². The van der Waals surface area contributed by atoms with Crippen LogP contribution in [0, 0.1) is 6.92 Å². The van der Waals surface area contributed by atoms with Gasteiger partial charge in [0.2, 0.25) is 10.0 Å². The minimum Gasteiger partial charge on any atom is -0.466 e. The number of halogens is 3. The number of nitrogens with zero attached hydrogens (tertiary/aromatic N) is 1. The molecule has 34 heavy (non-hydrogen) atoms. The number of hydrogen-bond acceptors (Lipinski definition) is 4. The molecule has 1 fully saturated rings. The highest BCUT2D eigenvalue weighted by Gasteiger charge is 2.60. The minimum atomic E-state index is -3.97. The third-order valence-electron chi connectivity index (χ3n) is 5.59. The summed E-state index contributed by atoms with van der Waals surface area (Å²) < 4.78 is 33.6. The molecule has 1 aliphatic rings. The van der Waals surface area contributed by atoms with Crippen molar-refractivity contribution in [1.29, 1.82) is 0 Å². The molecular formula is C25H20Cl3NO4S. The Bertz CT molecular complexity index is 1390. The summed E-state index contributed by atoms with van der Waals surface area (Å²) >= 11 is 18.8. The van der Waals surface area contributed by atoms with Gasteiger partial charge in [-0.05, 0) is 54.5 Å². The molecule has 0 radical (unpaired) electrons. The van der Waals surface area contributed by atoms with Crippen LogP contribution >= 0.6 is 34.8 Å². The molecule has 0 amide bonds. The second kappa shape index (κ2) is 9.72. The summed E-state index contributed by atoms with van der Waals surface area (Å²) in [4.78, 5) is 13.0. The molecule has 9 heteroatoms. The molecule has 4 rings (SSSR count). The van der Waals surface area contributed by atoms with E-state index in [1.165, 1.54) is 17.5 Å². The van der Waals surface area contributed by atoms with Gasteiger partial charge in [-0.3, -0.25) is 0 Å². The molecule has 3 aromatic carbocycles. The normalized spacial score (nSPS) is 20.1. The third-order valence-corrected chi connectivity index (χ3v) is 8.38. The molecule has 0 aromatic heterocycles. The van der Waals surface area contributed by atoms with E-state index in [1.807, 2.05) is 6.92 Å². The topological polar surface area (TPSA) is 63.5 Å². The van der Waals surface area contributed by atoms with Gasteiger partial charge in [0.05, 0.1) is 29.7 Å². The van der Waals surface area contributed by atoms with E-state index in [0.29, 0.717) is 26.2 Å². The van der Waals surface area contributed by atoms with Crippen molar-refractivity contribution in [3.8, 4) is 0 Å². The van der Waals surface area contributed by atoms with Crippen LogP contribution in [0.3, 0.4) is 0 Å². The van der Waals surface area contributed by atoms with E-state index in [-0.39, 0.29) is 10.5 Å². The van der Waals surface area contributed by atoms with Gasteiger partial charge in [0.1, 0.15) is 0 Å². The van der Waals surface area contributed by atoms with Gasteiger partial charge in [0, 0.05) is 15.1 Å². The number of carbonyl (C=O) groups is 1. The van der Waals surface area contributed by atoms with Gasteiger partial charge in [-0.1, -0.05) is 76.8 Å². The average Bonchev–Trinajstić information content (AvgIpc) is 3.54. The monoisotopic (exact) mass is 535 g/mol. The summed E-state index contributed by atoms with van der Waals surface area (Å²) in [5.41, 5.74) is 2.15. The lowest BCUT2D eigenvalue weighted by atomic mass is 10.0. The number of sulfonamides is 1. The highest BCUT2D eigenvalue weighted by Crippen LogP contribution is 2.53. The fourth-order valence-electron chi connectivity index (χ4n) is 3.84. The lowest BCUT2D eigenvalue weighted by Gasteiger charge is -2.09. The Morgan fingerprint density at radius 2 is 1.65 bits per heavy atom. The fraction of sp³-hybridized carbons (Fsp3) is 0.160. The number of methoxy groups -OCH3 is 1. The predicted octanol–water partition coefficient (Wildman–Crippen LogP) is 6.33. The molecule has 0 bridgehead atoms. The Morgan fingerprint density at radius 1 is 0.971 bits per heavy atom. The number of carbonyl (C=O) groups excluding carboxylic acids is 1. The first-order valence-electron chi connectivity index (χ1n) is 10.2. The van der Waals surface area contributed by atoms with Crippen molar-refractivity contribution < 1.29 is 17.9 Å². The maximum Gasteiger partial charge on any atom is 0.335 e. The Labute approximate surface area is 213 Å². The fourth-order valence-corrected chi connectivity index (χ4v) is 6.28. The van der Waals surface area contributed by atoms with E-state index in [0.717, 1.165) is 5.56 Å². The first-order valence-corrected chi connectivity index (χ1v) is 12.8. The van der Waals surface area contributed by atoms with Crippen LogP contribution in [0.15, 0.2) is 77.2 Å². The smallest absolute Gasteiger partial charge is 0.335 e. The molecule has 1 unspecified atom stereocenters. The Hall–Kier alpha value is -2.35. The van der Waals surface area contributed by atoms with Crippen molar-refractivity contribution in [2.45, 2.75) is 23.9 Å². The van der Waals surface area contributed by atoms with E-state index in [9.17, 15) is 13.2 Å². The molecule has 0 aliphatic carbocycles. The first kappa shape index (κ1) is 24.8. The van der Waals surface area contributed by atoms with Gasteiger partial charge in [-0.25, -0.2) is 13.2 Å². The number of aryl methyl sites for hydroxylation is 1. The lowest BCUT2D eigenvalue weighted by Crippen LogP contribution is -2.19. The zero-order valence-electron chi connectivity index (χ0n) is 18.2. The van der Waals surface area contributed by atoms with Gasteiger partial charge in [-0.2, -0.15) is 4.31 Å². The molecule has 176 valence electrons. The Balaban J connectivity index is 1.87. The number of hydrogen-bond donors (Lipinski definition) is 0. The Morgan fingerprint density at radius 3 is 2.26 bits per heavy atom. The second-order valence-electron chi connectivity index (χ2n) is 7.82. The average molecular weight is 537 g/mol. The molecule has 1 heterocycles. The molecule has 0 N–H and O–H groups in total. The van der Waals surface area contributed by atoms with Crippen molar-refractivity contribution in [2.75, 3.05) is 7.11 Å². The van der Waals surface area contributed by atoms with E-state index in [1.54, 1.807) is 66.7 Å². The Kier molecular flexibility index (Phi) is 7.08. The number of ether oxygens (including phenoxy) is 1. The molecule has 0 saturated carbocycles. The molecule has 1 saturated heterocycles. The van der Waals surface area contributed by atoms with Crippen LogP contribution in [0.25, 0.3) is 6.08 Å². The zero-order chi connectivity index (χ0) is 24.6. The number of rotatable bonds is 6. The van der Waals surface area contributed by atoms with Crippen molar-refractivity contribution >= 4 is 56.9 Å². The molecular weight excluding hydrogens is 517 g/mol. The van der Waals surface area contributed by atoms with Crippen LogP contribution in [0.2, 0.25) is 15.1 Å². The quantitative estimate of drug-likeness (QED) is 0.210. The van der Waals surface area contributed by atoms with Crippen molar-refractivity contribution in [2.24, 2.45) is 0 Å². The number of esters is 1. The largest absolute Gasteiger partial charge is 0.466 e. The summed E-state index contributed by atoms with van der Waals surface area (Å²) in [6.07, 6.45) is 1.53. The first-order chi connectivity index (χ1) is 16.1. The molecule has 1 aliphatic heterocycles. The van der Waals surface area contributed by atoms with Crippen LogP contribution in [-0.2, 0) is 19.6 Å². The van der Waals surface area contributed by atoms with Gasteiger partial charge in [-0.15, -0.1) is 0 Å². The maximum absolute atomic E-state index is 13.7. The summed E-state index contributed by atoms with van der Waals surface area (Å²) in [7, 11) is -2.73. The van der Waals surface area contributed by atoms with Crippen LogP contribution < -0.4 is 0 Å². The second-order valence-corrected chi connectivity index (χ2v) is 10.9. The lowest BCUT2D eigenvalue weighted by molar-refractivity contribution is -0.136. The minimum absolute atomic E-state index is 0.117. The van der Waals surface area contributed by atoms with Gasteiger partial charge in [0.15, 0.2) is 0 Å². The van der Waals surface area contributed by atoms with E-state index >= 15 is 0 Å². The van der Waals surface area contributed by atoms with Gasteiger partial charge in [0.25, 0.3) is 0 Å². The van der Waals surface area contributed by atoms with Crippen LogP contribution in [0.4, 0.5) is 0 Å². The number of benzene rings is 3. The van der Waals surface area contributed by atoms with Crippen molar-refractivity contribution in [3.63, 3.8) is 0 Å². The summed E-state index contributed by atoms with van der Waals surface area (Å²) in [5, 5.41) is 1.15. The van der Waals surface area contributed by atoms with E-state index in [2.05, 4.69) is 0 Å². The maximum atomic E-state index is 13.7.